The lowest BCUT2D eigenvalue weighted by Gasteiger charge is -2.24. The van der Waals surface area contributed by atoms with E-state index in [4.69, 9.17) is 0 Å². The molecule has 0 aliphatic heterocycles. The van der Waals surface area contributed by atoms with Gasteiger partial charge in [0.15, 0.2) is 0 Å². The summed E-state index contributed by atoms with van der Waals surface area (Å²) < 4.78 is 0.992. The number of carbonyl (C=O) groups is 2. The highest BCUT2D eigenvalue weighted by atomic mass is 79.9. The molecule has 0 saturated heterocycles. The van der Waals surface area contributed by atoms with Gasteiger partial charge in [0.2, 0.25) is 11.8 Å². The maximum absolute atomic E-state index is 13.0. The van der Waals surface area contributed by atoms with Gasteiger partial charge in [0, 0.05) is 17.2 Å². The molecule has 142 valence electrons. The monoisotopic (exact) mass is 428 g/mol. The fourth-order valence-corrected chi connectivity index (χ4v) is 3.99. The van der Waals surface area contributed by atoms with Gasteiger partial charge in [0.1, 0.15) is 0 Å². The fraction of sp³-hybridized carbons (Fsp3) is 0.364. The zero-order chi connectivity index (χ0) is 19.8. The first-order valence-electron chi connectivity index (χ1n) is 9.12. The number of nitrogens with zero attached hydrogens (tertiary/aromatic N) is 1. The first-order valence-corrected chi connectivity index (χ1v) is 9.91. The van der Waals surface area contributed by atoms with Crippen LogP contribution in [0.1, 0.15) is 35.1 Å². The van der Waals surface area contributed by atoms with Crippen LogP contribution >= 0.6 is 15.9 Å². The highest BCUT2D eigenvalue weighted by molar-refractivity contribution is 9.10. The number of aryl methyl sites for hydroxylation is 3. The van der Waals surface area contributed by atoms with Gasteiger partial charge in [-0.25, -0.2) is 0 Å². The minimum atomic E-state index is -0.467. The van der Waals surface area contributed by atoms with E-state index in [0.29, 0.717) is 0 Å². The highest BCUT2D eigenvalue weighted by Crippen LogP contribution is 2.49. The summed E-state index contributed by atoms with van der Waals surface area (Å²) >= 11 is 3.43. The quantitative estimate of drug-likeness (QED) is 0.761. The minimum Gasteiger partial charge on any atom is -0.336 e. The van der Waals surface area contributed by atoms with Gasteiger partial charge >= 0.3 is 0 Å². The van der Waals surface area contributed by atoms with Crippen molar-refractivity contribution in [3.63, 3.8) is 0 Å². The average Bonchev–Trinajstić information content (AvgIpc) is 3.39. The van der Waals surface area contributed by atoms with Gasteiger partial charge in [0.05, 0.1) is 12.0 Å². The van der Waals surface area contributed by atoms with Crippen molar-refractivity contribution in [2.45, 2.75) is 39.0 Å². The van der Waals surface area contributed by atoms with E-state index < -0.39 is 5.41 Å². The lowest BCUT2D eigenvalue weighted by molar-refractivity contribution is -0.135. The van der Waals surface area contributed by atoms with Crippen molar-refractivity contribution in [2.24, 2.45) is 0 Å². The van der Waals surface area contributed by atoms with Crippen molar-refractivity contribution in [1.82, 2.24) is 4.90 Å². The molecule has 3 rings (SSSR count). The molecule has 0 unspecified atom stereocenters. The zero-order valence-electron chi connectivity index (χ0n) is 16.2. The number of anilines is 1. The lowest BCUT2D eigenvalue weighted by atomic mass is 9.94. The van der Waals surface area contributed by atoms with Crippen LogP contribution in [-0.2, 0) is 15.0 Å². The van der Waals surface area contributed by atoms with Crippen LogP contribution in [0, 0.1) is 20.8 Å². The molecule has 1 aliphatic rings. The number of nitrogens with one attached hydrogen (secondary N) is 1. The number of amides is 2. The molecule has 1 aliphatic carbocycles. The Bertz CT molecular complexity index is 863. The summed E-state index contributed by atoms with van der Waals surface area (Å²) in [7, 11) is 1.70. The predicted octanol–water partition coefficient (Wildman–Crippen LogP) is 4.50. The summed E-state index contributed by atoms with van der Waals surface area (Å²) in [5.41, 5.74) is 4.62. The molecule has 0 radical (unpaired) electrons. The van der Waals surface area contributed by atoms with Gasteiger partial charge in [-0.3, -0.25) is 9.59 Å². The SMILES string of the molecule is Cc1cc(C)c(NC(=O)CN(C)C(=O)C2(c3ccc(Br)cc3)CC2)c(C)c1. The Morgan fingerprint density at radius 3 is 2.15 bits per heavy atom. The van der Waals surface area contributed by atoms with Crippen molar-refractivity contribution >= 4 is 33.4 Å². The van der Waals surface area contributed by atoms with Crippen LogP contribution in [0.15, 0.2) is 40.9 Å². The number of halogens is 1. The van der Waals surface area contributed by atoms with E-state index >= 15 is 0 Å². The molecule has 1 fully saturated rings. The number of likely N-dealkylation sites (N-methyl/N-ethyl adjacent to an activating group) is 1. The Kier molecular flexibility index (Phi) is 5.43. The fourth-order valence-electron chi connectivity index (χ4n) is 3.73. The summed E-state index contributed by atoms with van der Waals surface area (Å²) in [6, 6.07) is 12.0. The van der Waals surface area contributed by atoms with Crippen LogP contribution in [-0.4, -0.2) is 30.3 Å². The van der Waals surface area contributed by atoms with E-state index in [2.05, 4.69) is 21.2 Å². The molecule has 27 heavy (non-hydrogen) atoms. The number of rotatable bonds is 5. The largest absolute Gasteiger partial charge is 0.336 e. The van der Waals surface area contributed by atoms with Gasteiger partial charge in [-0.1, -0.05) is 45.8 Å². The van der Waals surface area contributed by atoms with Crippen molar-refractivity contribution in [3.05, 3.63) is 63.1 Å². The van der Waals surface area contributed by atoms with Gasteiger partial charge in [-0.05, 0) is 62.4 Å². The van der Waals surface area contributed by atoms with E-state index in [9.17, 15) is 9.59 Å². The molecule has 4 nitrogen and oxygen atoms in total. The summed E-state index contributed by atoms with van der Waals surface area (Å²) in [5.74, 6) is -0.162. The average molecular weight is 429 g/mol. The van der Waals surface area contributed by atoms with E-state index in [1.54, 1.807) is 11.9 Å². The number of benzene rings is 2. The Hall–Kier alpha value is -2.14. The lowest BCUT2D eigenvalue weighted by Crippen LogP contribution is -2.41. The van der Waals surface area contributed by atoms with E-state index in [1.165, 1.54) is 5.56 Å². The molecule has 0 spiro atoms. The van der Waals surface area contributed by atoms with Crippen molar-refractivity contribution in [3.8, 4) is 0 Å². The van der Waals surface area contributed by atoms with Gasteiger partial charge in [-0.15, -0.1) is 0 Å². The molecule has 0 aromatic heterocycles. The molecule has 0 atom stereocenters. The smallest absolute Gasteiger partial charge is 0.243 e. The van der Waals surface area contributed by atoms with Crippen LogP contribution in [0.25, 0.3) is 0 Å². The highest BCUT2D eigenvalue weighted by Gasteiger charge is 2.52. The molecule has 2 aromatic carbocycles. The van der Waals surface area contributed by atoms with Crippen molar-refractivity contribution in [2.75, 3.05) is 18.9 Å². The van der Waals surface area contributed by atoms with Crippen molar-refractivity contribution in [1.29, 1.82) is 0 Å². The molecule has 2 amide bonds. The predicted molar refractivity (Wildman–Crippen MR) is 112 cm³/mol. The molecule has 1 saturated carbocycles. The Labute approximate surface area is 169 Å². The minimum absolute atomic E-state index is 0.0114. The third-order valence-corrected chi connectivity index (χ3v) is 5.75. The van der Waals surface area contributed by atoms with Crippen LogP contribution in [0.3, 0.4) is 0 Å². The third-order valence-electron chi connectivity index (χ3n) is 5.23. The zero-order valence-corrected chi connectivity index (χ0v) is 17.8. The van der Waals surface area contributed by atoms with Crippen LogP contribution < -0.4 is 5.32 Å². The normalized spacial score (nSPS) is 14.6. The summed E-state index contributed by atoms with van der Waals surface area (Å²) in [4.78, 5) is 27.1. The number of hydrogen-bond donors (Lipinski definition) is 1. The van der Waals surface area contributed by atoms with E-state index in [0.717, 1.165) is 39.7 Å². The van der Waals surface area contributed by atoms with Crippen LogP contribution in [0.2, 0.25) is 0 Å². The maximum Gasteiger partial charge on any atom is 0.243 e. The van der Waals surface area contributed by atoms with E-state index in [-0.39, 0.29) is 18.4 Å². The first-order chi connectivity index (χ1) is 12.7. The molecule has 0 heterocycles. The standard InChI is InChI=1S/C22H25BrN2O2/c1-14-11-15(2)20(16(3)12-14)24-19(26)13-25(4)21(27)22(9-10-22)17-5-7-18(23)8-6-17/h5-8,11-12H,9-10,13H2,1-4H3,(H,24,26). The van der Waals surface area contributed by atoms with Gasteiger partial charge in [-0.2, -0.15) is 0 Å². The second-order valence-electron chi connectivity index (χ2n) is 7.57. The molecular formula is C22H25BrN2O2. The molecule has 1 N–H and O–H groups in total. The topological polar surface area (TPSA) is 49.4 Å². The van der Waals surface area contributed by atoms with Crippen LogP contribution in [0.4, 0.5) is 5.69 Å². The van der Waals surface area contributed by atoms with Gasteiger partial charge in [0.25, 0.3) is 0 Å². The Morgan fingerprint density at radius 2 is 1.63 bits per heavy atom. The Balaban J connectivity index is 1.68. The first kappa shape index (κ1) is 19.6. The van der Waals surface area contributed by atoms with Gasteiger partial charge < -0.3 is 10.2 Å². The molecule has 0 bridgehead atoms. The number of hydrogen-bond acceptors (Lipinski definition) is 2. The molecule has 5 heteroatoms. The van der Waals surface area contributed by atoms with Crippen LogP contribution in [0.5, 0.6) is 0 Å². The van der Waals surface area contributed by atoms with Crippen molar-refractivity contribution < 1.29 is 9.59 Å². The molecule has 2 aromatic rings. The molecular weight excluding hydrogens is 404 g/mol. The Morgan fingerprint density at radius 1 is 1.07 bits per heavy atom. The third kappa shape index (κ3) is 4.08. The van der Waals surface area contributed by atoms with E-state index in [1.807, 2.05) is 57.2 Å². The second kappa shape index (κ2) is 7.47. The second-order valence-corrected chi connectivity index (χ2v) is 8.49. The summed E-state index contributed by atoms with van der Waals surface area (Å²) in [6.07, 6.45) is 1.66. The number of carbonyl (C=O) groups excluding carboxylic acids is 2. The maximum atomic E-state index is 13.0. The summed E-state index contributed by atoms with van der Waals surface area (Å²) in [5, 5.41) is 2.97. The summed E-state index contributed by atoms with van der Waals surface area (Å²) in [6.45, 7) is 6.05.